The maximum absolute atomic E-state index is 12.0. The van der Waals surface area contributed by atoms with Crippen LogP contribution < -0.4 is 10.6 Å². The van der Waals surface area contributed by atoms with Gasteiger partial charge in [-0.15, -0.1) is 0 Å². The molecule has 1 aliphatic rings. The average molecular weight is 274 g/mol. The first-order valence-corrected chi connectivity index (χ1v) is 7.53. The zero-order chi connectivity index (χ0) is 14.8. The van der Waals surface area contributed by atoms with Crippen LogP contribution >= 0.6 is 0 Å². The Labute approximate surface area is 122 Å². The van der Waals surface area contributed by atoms with E-state index in [9.17, 15) is 4.79 Å². The van der Waals surface area contributed by atoms with Crippen molar-refractivity contribution in [2.75, 3.05) is 5.32 Å². The van der Waals surface area contributed by atoms with Crippen LogP contribution in [0.25, 0.3) is 0 Å². The maximum Gasteiger partial charge on any atom is 0.251 e. The predicted octanol–water partition coefficient (Wildman–Crippen LogP) is 3.82. The Bertz CT molecular complexity index is 480. The molecule has 0 aliphatic heterocycles. The van der Waals surface area contributed by atoms with E-state index in [1.807, 2.05) is 38.1 Å². The summed E-state index contributed by atoms with van der Waals surface area (Å²) < 4.78 is 0. The van der Waals surface area contributed by atoms with Crippen molar-refractivity contribution in [1.82, 2.24) is 5.32 Å². The predicted molar refractivity (Wildman–Crippen MR) is 84.1 cm³/mol. The molecule has 0 saturated heterocycles. The van der Waals surface area contributed by atoms with E-state index in [1.54, 1.807) is 0 Å². The van der Waals surface area contributed by atoms with Gasteiger partial charge in [-0.2, -0.15) is 0 Å². The Hall–Kier alpha value is -1.51. The zero-order valence-electron chi connectivity index (χ0n) is 13.0. The van der Waals surface area contributed by atoms with Crippen molar-refractivity contribution in [3.05, 3.63) is 29.8 Å². The van der Waals surface area contributed by atoms with Gasteiger partial charge in [0.25, 0.3) is 5.91 Å². The molecule has 0 heterocycles. The van der Waals surface area contributed by atoms with Crippen LogP contribution in [0.2, 0.25) is 0 Å². The fraction of sp³-hybridized carbons (Fsp3) is 0.588. The molecule has 0 bridgehead atoms. The fourth-order valence-electron chi connectivity index (χ4n) is 2.89. The number of rotatable bonds is 4. The van der Waals surface area contributed by atoms with Gasteiger partial charge >= 0.3 is 0 Å². The molecule has 1 atom stereocenters. The van der Waals surface area contributed by atoms with Crippen LogP contribution in [0.1, 0.15) is 57.3 Å². The highest BCUT2D eigenvalue weighted by Gasteiger charge is 2.30. The molecule has 1 amide bonds. The Morgan fingerprint density at radius 1 is 1.35 bits per heavy atom. The largest absolute Gasteiger partial charge is 0.382 e. The second-order valence-electron chi connectivity index (χ2n) is 6.96. The Kier molecular flexibility index (Phi) is 4.36. The molecular weight excluding hydrogens is 248 g/mol. The molecule has 1 aromatic rings. The number of amides is 1. The van der Waals surface area contributed by atoms with Gasteiger partial charge in [0.15, 0.2) is 0 Å². The normalized spacial score (nSPS) is 20.9. The minimum absolute atomic E-state index is 0.00426. The molecule has 1 aliphatic carbocycles. The molecule has 1 fully saturated rings. The molecule has 1 unspecified atom stereocenters. The van der Waals surface area contributed by atoms with Gasteiger partial charge in [0.1, 0.15) is 0 Å². The molecule has 2 rings (SSSR count). The smallest absolute Gasteiger partial charge is 0.251 e. The third-order valence-electron chi connectivity index (χ3n) is 3.88. The average Bonchev–Trinajstić information content (AvgIpc) is 2.68. The summed E-state index contributed by atoms with van der Waals surface area (Å²) >= 11 is 0. The fourth-order valence-corrected chi connectivity index (χ4v) is 2.89. The standard InChI is InChI=1S/C17H26N2O/c1-12(2)18-16(20)13-6-5-7-14(10-13)19-15-8-9-17(3,4)11-15/h5-7,10,12,15,19H,8-9,11H2,1-4H3,(H,18,20). The molecule has 20 heavy (non-hydrogen) atoms. The van der Waals surface area contributed by atoms with Gasteiger partial charge in [-0.25, -0.2) is 0 Å². The molecule has 3 nitrogen and oxygen atoms in total. The molecule has 0 aromatic heterocycles. The van der Waals surface area contributed by atoms with E-state index in [1.165, 1.54) is 19.3 Å². The summed E-state index contributed by atoms with van der Waals surface area (Å²) in [7, 11) is 0. The molecule has 1 aromatic carbocycles. The van der Waals surface area contributed by atoms with Gasteiger partial charge in [0.2, 0.25) is 0 Å². The minimum Gasteiger partial charge on any atom is -0.382 e. The quantitative estimate of drug-likeness (QED) is 0.876. The minimum atomic E-state index is -0.00426. The number of carbonyl (C=O) groups excluding carboxylic acids is 1. The summed E-state index contributed by atoms with van der Waals surface area (Å²) in [6.45, 7) is 8.59. The van der Waals surface area contributed by atoms with E-state index < -0.39 is 0 Å². The second-order valence-corrected chi connectivity index (χ2v) is 6.96. The number of hydrogen-bond donors (Lipinski definition) is 2. The Morgan fingerprint density at radius 2 is 2.10 bits per heavy atom. The number of anilines is 1. The lowest BCUT2D eigenvalue weighted by molar-refractivity contribution is 0.0943. The van der Waals surface area contributed by atoms with Crippen molar-refractivity contribution in [2.24, 2.45) is 5.41 Å². The lowest BCUT2D eigenvalue weighted by atomic mass is 9.92. The molecular formula is C17H26N2O. The highest BCUT2D eigenvalue weighted by atomic mass is 16.1. The van der Waals surface area contributed by atoms with Crippen molar-refractivity contribution in [1.29, 1.82) is 0 Å². The summed E-state index contributed by atoms with van der Waals surface area (Å²) in [5, 5.41) is 6.49. The van der Waals surface area contributed by atoms with Crippen molar-refractivity contribution >= 4 is 11.6 Å². The molecule has 0 radical (unpaired) electrons. The lowest BCUT2D eigenvalue weighted by Gasteiger charge is -2.19. The summed E-state index contributed by atoms with van der Waals surface area (Å²) in [6, 6.07) is 8.47. The summed E-state index contributed by atoms with van der Waals surface area (Å²) in [4.78, 5) is 12.0. The zero-order valence-corrected chi connectivity index (χ0v) is 13.0. The van der Waals surface area contributed by atoms with Crippen LogP contribution in [0, 0.1) is 5.41 Å². The maximum atomic E-state index is 12.0. The van der Waals surface area contributed by atoms with Crippen LogP contribution in [0.4, 0.5) is 5.69 Å². The van der Waals surface area contributed by atoms with Gasteiger partial charge in [-0.05, 0) is 56.7 Å². The molecule has 2 N–H and O–H groups in total. The SMILES string of the molecule is CC(C)NC(=O)c1cccc(NC2CCC(C)(C)C2)c1. The van der Waals surface area contributed by atoms with Gasteiger partial charge < -0.3 is 10.6 Å². The number of benzene rings is 1. The third kappa shape index (κ3) is 3.99. The van der Waals surface area contributed by atoms with Crippen LogP contribution in [-0.4, -0.2) is 18.0 Å². The molecule has 0 spiro atoms. The Morgan fingerprint density at radius 3 is 2.70 bits per heavy atom. The van der Waals surface area contributed by atoms with Gasteiger partial charge in [0, 0.05) is 23.3 Å². The summed E-state index contributed by atoms with van der Waals surface area (Å²) in [6.07, 6.45) is 3.66. The Balaban J connectivity index is 2.01. The van der Waals surface area contributed by atoms with Gasteiger partial charge in [0.05, 0.1) is 0 Å². The lowest BCUT2D eigenvalue weighted by Crippen LogP contribution is -2.30. The van der Waals surface area contributed by atoms with E-state index >= 15 is 0 Å². The van der Waals surface area contributed by atoms with Crippen molar-refractivity contribution in [2.45, 2.75) is 59.0 Å². The van der Waals surface area contributed by atoms with Crippen LogP contribution in [0.3, 0.4) is 0 Å². The molecule has 3 heteroatoms. The molecule has 110 valence electrons. The number of nitrogens with one attached hydrogen (secondary N) is 2. The van der Waals surface area contributed by atoms with Crippen molar-refractivity contribution in [3.8, 4) is 0 Å². The molecule has 1 saturated carbocycles. The van der Waals surface area contributed by atoms with Gasteiger partial charge in [-0.3, -0.25) is 4.79 Å². The van der Waals surface area contributed by atoms with E-state index in [0.29, 0.717) is 11.5 Å². The van der Waals surface area contributed by atoms with Crippen molar-refractivity contribution < 1.29 is 4.79 Å². The highest BCUT2D eigenvalue weighted by molar-refractivity contribution is 5.95. The highest BCUT2D eigenvalue weighted by Crippen LogP contribution is 2.38. The van der Waals surface area contributed by atoms with E-state index in [-0.39, 0.29) is 11.9 Å². The first kappa shape index (κ1) is 14.9. The topological polar surface area (TPSA) is 41.1 Å². The summed E-state index contributed by atoms with van der Waals surface area (Å²) in [5.41, 5.74) is 2.20. The van der Waals surface area contributed by atoms with Crippen LogP contribution in [0.15, 0.2) is 24.3 Å². The first-order chi connectivity index (χ1) is 9.35. The number of hydrogen-bond acceptors (Lipinski definition) is 2. The second kappa shape index (κ2) is 5.86. The third-order valence-corrected chi connectivity index (χ3v) is 3.88. The van der Waals surface area contributed by atoms with E-state index in [2.05, 4.69) is 24.5 Å². The van der Waals surface area contributed by atoms with Crippen LogP contribution in [-0.2, 0) is 0 Å². The van der Waals surface area contributed by atoms with Gasteiger partial charge in [-0.1, -0.05) is 19.9 Å². The summed E-state index contributed by atoms with van der Waals surface area (Å²) in [5.74, 6) is -0.00426. The van der Waals surface area contributed by atoms with E-state index in [0.717, 1.165) is 11.3 Å². The monoisotopic (exact) mass is 274 g/mol. The van der Waals surface area contributed by atoms with Crippen LogP contribution in [0.5, 0.6) is 0 Å². The van der Waals surface area contributed by atoms with E-state index in [4.69, 9.17) is 0 Å². The first-order valence-electron chi connectivity index (χ1n) is 7.53. The van der Waals surface area contributed by atoms with Crippen molar-refractivity contribution in [3.63, 3.8) is 0 Å². The number of carbonyl (C=O) groups is 1.